The van der Waals surface area contributed by atoms with Crippen LogP contribution in [0.4, 0.5) is 10.5 Å². The largest absolute Gasteiger partial charge is 0.486 e. The van der Waals surface area contributed by atoms with Gasteiger partial charge in [-0.1, -0.05) is 60.5 Å². The molecule has 1 aliphatic heterocycles. The van der Waals surface area contributed by atoms with Crippen molar-refractivity contribution in [1.82, 2.24) is 10.2 Å². The van der Waals surface area contributed by atoms with Crippen LogP contribution in [0.2, 0.25) is 10.0 Å². The molecule has 1 fully saturated rings. The number of imide groups is 1. The van der Waals surface area contributed by atoms with E-state index in [9.17, 15) is 14.4 Å². The molecule has 7 nitrogen and oxygen atoms in total. The fourth-order valence-electron chi connectivity index (χ4n) is 3.70. The van der Waals surface area contributed by atoms with Crippen LogP contribution in [0.3, 0.4) is 0 Å². The summed E-state index contributed by atoms with van der Waals surface area (Å²) < 4.78 is 6.92. The molecule has 4 amide bonds. The second kappa shape index (κ2) is 12.0. The highest BCUT2D eigenvalue weighted by Crippen LogP contribution is 2.35. The lowest BCUT2D eigenvalue weighted by atomic mass is 10.1. The number of rotatable bonds is 8. The molecule has 0 unspecified atom stereocenters. The number of aryl methyl sites for hydroxylation is 1. The van der Waals surface area contributed by atoms with Crippen LogP contribution < -0.4 is 15.4 Å². The highest BCUT2D eigenvalue weighted by atomic mass is 127. The van der Waals surface area contributed by atoms with Crippen molar-refractivity contribution >= 4 is 75.4 Å². The average molecular weight is 650 g/mol. The van der Waals surface area contributed by atoms with Crippen molar-refractivity contribution in [1.29, 1.82) is 0 Å². The minimum Gasteiger partial charge on any atom is -0.486 e. The first-order valence-corrected chi connectivity index (χ1v) is 13.2. The predicted octanol–water partition coefficient (Wildman–Crippen LogP) is 6.27. The number of halogens is 3. The summed E-state index contributed by atoms with van der Waals surface area (Å²) in [5.41, 5.74) is 3.05. The standard InChI is InChI=1S/C27H22Cl2IN3O4/c1-2-18-5-3-4-6-22(18)31-24(34)14-33-26(35)23(32-27(33)36)13-17-11-20(28)25(21(29)12-17)37-15-16-7-9-19(30)10-8-16/h3-13H,2,14-15H2,1H3,(H,31,34)(H,32,36)/b23-13+. The van der Waals surface area contributed by atoms with Crippen molar-refractivity contribution in [2.75, 3.05) is 11.9 Å². The zero-order chi connectivity index (χ0) is 26.5. The first kappa shape index (κ1) is 27.0. The topological polar surface area (TPSA) is 87.7 Å². The number of hydrogen-bond acceptors (Lipinski definition) is 4. The summed E-state index contributed by atoms with van der Waals surface area (Å²) in [4.78, 5) is 38.7. The monoisotopic (exact) mass is 649 g/mol. The highest BCUT2D eigenvalue weighted by molar-refractivity contribution is 14.1. The maximum atomic E-state index is 12.9. The normalized spacial score (nSPS) is 14.2. The van der Waals surface area contributed by atoms with Crippen LogP contribution in [-0.2, 0) is 22.6 Å². The van der Waals surface area contributed by atoms with Crippen LogP contribution in [0, 0.1) is 3.57 Å². The number of nitrogens with one attached hydrogen (secondary N) is 2. The SMILES string of the molecule is CCc1ccccc1NC(=O)CN1C(=O)N/C(=C/c2cc(Cl)c(OCc3ccc(I)cc3)c(Cl)c2)C1=O. The quantitative estimate of drug-likeness (QED) is 0.171. The molecule has 4 rings (SSSR count). The Morgan fingerprint density at radius 3 is 2.43 bits per heavy atom. The lowest BCUT2D eigenvalue weighted by Crippen LogP contribution is -2.38. The summed E-state index contributed by atoms with van der Waals surface area (Å²) in [7, 11) is 0. The van der Waals surface area contributed by atoms with Crippen LogP contribution in [0.1, 0.15) is 23.6 Å². The Labute approximate surface area is 237 Å². The molecule has 0 radical (unpaired) electrons. The van der Waals surface area contributed by atoms with Gasteiger partial charge in [-0.25, -0.2) is 9.69 Å². The molecule has 0 atom stereocenters. The number of para-hydroxylation sites is 1. The summed E-state index contributed by atoms with van der Waals surface area (Å²) in [5, 5.41) is 5.77. The lowest BCUT2D eigenvalue weighted by molar-refractivity contribution is -0.127. The summed E-state index contributed by atoms with van der Waals surface area (Å²) in [6, 6.07) is 17.7. The van der Waals surface area contributed by atoms with E-state index in [4.69, 9.17) is 27.9 Å². The van der Waals surface area contributed by atoms with Crippen molar-refractivity contribution in [2.24, 2.45) is 0 Å². The molecule has 0 saturated carbocycles. The van der Waals surface area contributed by atoms with Crippen LogP contribution in [0.5, 0.6) is 5.75 Å². The van der Waals surface area contributed by atoms with Crippen LogP contribution in [0.25, 0.3) is 6.08 Å². The van der Waals surface area contributed by atoms with E-state index in [2.05, 4.69) is 33.2 Å². The van der Waals surface area contributed by atoms with Gasteiger partial charge in [-0.2, -0.15) is 0 Å². The summed E-state index contributed by atoms with van der Waals surface area (Å²) in [6.45, 7) is 1.83. The third kappa shape index (κ3) is 6.63. The number of urea groups is 1. The van der Waals surface area contributed by atoms with Crippen molar-refractivity contribution in [3.05, 3.63) is 96.7 Å². The number of carbonyl (C=O) groups excluding carboxylic acids is 3. The average Bonchev–Trinajstić information content (AvgIpc) is 3.12. The van der Waals surface area contributed by atoms with E-state index in [1.165, 1.54) is 6.08 Å². The molecule has 0 bridgehead atoms. The first-order chi connectivity index (χ1) is 17.7. The molecular formula is C27H22Cl2IN3O4. The van der Waals surface area contributed by atoms with E-state index >= 15 is 0 Å². The first-order valence-electron chi connectivity index (χ1n) is 11.3. The van der Waals surface area contributed by atoms with Crippen LogP contribution >= 0.6 is 45.8 Å². The Kier molecular flexibility index (Phi) is 8.73. The van der Waals surface area contributed by atoms with Crippen molar-refractivity contribution in [2.45, 2.75) is 20.0 Å². The van der Waals surface area contributed by atoms with Gasteiger partial charge in [0.15, 0.2) is 5.75 Å². The number of anilines is 1. The second-order valence-electron chi connectivity index (χ2n) is 8.17. The number of amides is 4. The van der Waals surface area contributed by atoms with Gasteiger partial charge in [0.1, 0.15) is 18.8 Å². The zero-order valence-corrected chi connectivity index (χ0v) is 23.4. The highest BCUT2D eigenvalue weighted by Gasteiger charge is 2.35. The smallest absolute Gasteiger partial charge is 0.329 e. The van der Waals surface area contributed by atoms with E-state index in [1.807, 2.05) is 43.3 Å². The molecule has 2 N–H and O–H groups in total. The number of nitrogens with zero attached hydrogens (tertiary/aromatic N) is 1. The van der Waals surface area contributed by atoms with E-state index < -0.39 is 24.4 Å². The molecule has 3 aromatic rings. The molecule has 0 aromatic heterocycles. The van der Waals surface area contributed by atoms with Crippen molar-refractivity contribution in [3.63, 3.8) is 0 Å². The Balaban J connectivity index is 1.44. The Morgan fingerprint density at radius 2 is 1.76 bits per heavy atom. The summed E-state index contributed by atoms with van der Waals surface area (Å²) >= 11 is 15.0. The summed E-state index contributed by atoms with van der Waals surface area (Å²) in [6.07, 6.45) is 2.18. The molecule has 1 aliphatic rings. The Bertz CT molecular complexity index is 1370. The van der Waals surface area contributed by atoms with Crippen molar-refractivity contribution in [3.8, 4) is 5.75 Å². The molecule has 1 heterocycles. The van der Waals surface area contributed by atoms with Gasteiger partial charge in [0, 0.05) is 9.26 Å². The van der Waals surface area contributed by atoms with Gasteiger partial charge >= 0.3 is 6.03 Å². The third-order valence-corrected chi connectivity index (χ3v) is 6.85. The second-order valence-corrected chi connectivity index (χ2v) is 10.2. The van der Waals surface area contributed by atoms with Gasteiger partial charge in [0.25, 0.3) is 5.91 Å². The van der Waals surface area contributed by atoms with Gasteiger partial charge in [-0.15, -0.1) is 0 Å². The van der Waals surface area contributed by atoms with E-state index in [0.29, 0.717) is 17.0 Å². The molecule has 0 aliphatic carbocycles. The number of hydrogen-bond donors (Lipinski definition) is 2. The fourth-order valence-corrected chi connectivity index (χ4v) is 4.68. The molecule has 37 heavy (non-hydrogen) atoms. The van der Waals surface area contributed by atoms with Gasteiger partial charge in [-0.05, 0) is 82.1 Å². The summed E-state index contributed by atoms with van der Waals surface area (Å²) in [5.74, 6) is -0.793. The van der Waals surface area contributed by atoms with Gasteiger partial charge in [0.2, 0.25) is 5.91 Å². The van der Waals surface area contributed by atoms with E-state index in [1.54, 1.807) is 24.3 Å². The van der Waals surface area contributed by atoms with Gasteiger partial charge in [-0.3, -0.25) is 9.59 Å². The van der Waals surface area contributed by atoms with E-state index in [-0.39, 0.29) is 22.3 Å². The molecule has 1 saturated heterocycles. The zero-order valence-electron chi connectivity index (χ0n) is 19.7. The van der Waals surface area contributed by atoms with Crippen LogP contribution in [-0.4, -0.2) is 29.3 Å². The number of benzene rings is 3. The maximum absolute atomic E-state index is 12.9. The third-order valence-electron chi connectivity index (χ3n) is 5.56. The minimum absolute atomic E-state index is 0.00597. The van der Waals surface area contributed by atoms with E-state index in [0.717, 1.165) is 26.0 Å². The number of ether oxygens (including phenoxy) is 1. The lowest BCUT2D eigenvalue weighted by Gasteiger charge is -2.13. The number of carbonyl (C=O) groups is 3. The van der Waals surface area contributed by atoms with Gasteiger partial charge < -0.3 is 15.4 Å². The molecular weight excluding hydrogens is 628 g/mol. The molecule has 3 aromatic carbocycles. The Hall–Kier alpha value is -3.08. The Morgan fingerprint density at radius 1 is 1.08 bits per heavy atom. The van der Waals surface area contributed by atoms with Gasteiger partial charge in [0.05, 0.1) is 10.0 Å². The maximum Gasteiger partial charge on any atom is 0.329 e. The van der Waals surface area contributed by atoms with Crippen LogP contribution in [0.15, 0.2) is 66.4 Å². The predicted molar refractivity (Wildman–Crippen MR) is 153 cm³/mol. The molecule has 0 spiro atoms. The minimum atomic E-state index is -0.690. The molecule has 10 heteroatoms. The van der Waals surface area contributed by atoms with Crippen molar-refractivity contribution < 1.29 is 19.1 Å². The molecule has 190 valence electrons. The fraction of sp³-hybridized carbons (Fsp3) is 0.148.